The van der Waals surface area contributed by atoms with Crippen molar-refractivity contribution >= 4 is 54.6 Å². The van der Waals surface area contributed by atoms with Crippen molar-refractivity contribution < 1.29 is 14.6 Å². The molecule has 0 radical (unpaired) electrons. The van der Waals surface area contributed by atoms with Crippen LogP contribution in [0.2, 0.25) is 0 Å². The molecular weight excluding hydrogens is 561 g/mol. The van der Waals surface area contributed by atoms with Gasteiger partial charge in [0, 0.05) is 41.3 Å². The molecule has 1 N–H and O–H groups in total. The lowest BCUT2D eigenvalue weighted by Gasteiger charge is -2.17. The first-order valence-electron chi connectivity index (χ1n) is 10.8. The maximum atomic E-state index is 12.5. The molecule has 0 aliphatic carbocycles. The Labute approximate surface area is 225 Å². The number of aryl methyl sites for hydroxylation is 1. The molecule has 1 saturated heterocycles. The molecule has 2 aromatic carbocycles. The highest BCUT2D eigenvalue weighted by molar-refractivity contribution is 8.77. The molecule has 37 heavy (non-hydrogen) atoms. The lowest BCUT2D eigenvalue weighted by atomic mass is 10.2. The van der Waals surface area contributed by atoms with Crippen molar-refractivity contribution in [2.75, 3.05) is 5.75 Å². The SMILES string of the molecule is Cc1cn([C@H]2C[C@@H](SSc3ccccc3[N+](=O)[O-])[C@@H](CSSc3ccccc3[N+](=O)[O-])O2)c(=O)[nH]c1=O. The Balaban J connectivity index is 1.52. The molecule has 0 spiro atoms. The minimum absolute atomic E-state index is 0.000752. The van der Waals surface area contributed by atoms with Gasteiger partial charge < -0.3 is 4.74 Å². The number of nitrogens with zero attached hydrogens (tertiary/aromatic N) is 3. The van der Waals surface area contributed by atoms with E-state index < -0.39 is 27.3 Å². The molecule has 11 nitrogen and oxygen atoms in total. The van der Waals surface area contributed by atoms with E-state index in [0.29, 0.717) is 27.5 Å². The second-order valence-corrected chi connectivity index (χ2v) is 12.7. The summed E-state index contributed by atoms with van der Waals surface area (Å²) < 4.78 is 7.57. The van der Waals surface area contributed by atoms with E-state index in [4.69, 9.17) is 4.74 Å². The third-order valence-electron chi connectivity index (χ3n) is 5.40. The van der Waals surface area contributed by atoms with Crippen LogP contribution < -0.4 is 11.2 Å². The molecule has 1 aliphatic heterocycles. The van der Waals surface area contributed by atoms with Crippen molar-refractivity contribution in [1.82, 2.24) is 9.55 Å². The summed E-state index contributed by atoms with van der Waals surface area (Å²) in [6.07, 6.45) is 0.865. The van der Waals surface area contributed by atoms with Crippen molar-refractivity contribution in [2.45, 2.75) is 40.7 Å². The van der Waals surface area contributed by atoms with Crippen LogP contribution in [0.1, 0.15) is 18.2 Å². The number of rotatable bonds is 10. The maximum absolute atomic E-state index is 12.5. The molecular formula is C22H20N4O7S4. The fourth-order valence-electron chi connectivity index (χ4n) is 3.56. The van der Waals surface area contributed by atoms with Gasteiger partial charge in [-0.2, -0.15) is 0 Å². The van der Waals surface area contributed by atoms with E-state index in [1.807, 2.05) is 0 Å². The third kappa shape index (κ3) is 6.59. The van der Waals surface area contributed by atoms with Crippen molar-refractivity contribution in [3.8, 4) is 0 Å². The minimum atomic E-state index is -0.645. The van der Waals surface area contributed by atoms with Crippen molar-refractivity contribution in [2.24, 2.45) is 0 Å². The van der Waals surface area contributed by atoms with Gasteiger partial charge >= 0.3 is 5.69 Å². The molecule has 0 amide bonds. The first-order valence-corrected chi connectivity index (χ1v) is 15.3. The van der Waals surface area contributed by atoms with E-state index in [0.717, 1.165) is 0 Å². The molecule has 194 valence electrons. The fourth-order valence-corrected chi connectivity index (χ4v) is 8.92. The Bertz CT molecular complexity index is 1430. The molecule has 0 bridgehead atoms. The Morgan fingerprint density at radius 3 is 2.22 bits per heavy atom. The third-order valence-corrected chi connectivity index (χ3v) is 10.7. The molecule has 0 saturated carbocycles. The van der Waals surface area contributed by atoms with Gasteiger partial charge in [-0.3, -0.25) is 34.6 Å². The number of ether oxygens (including phenoxy) is 1. The summed E-state index contributed by atoms with van der Waals surface area (Å²) in [4.78, 5) is 49.4. The van der Waals surface area contributed by atoms with Gasteiger partial charge in [-0.1, -0.05) is 67.4 Å². The standard InChI is InChI=1S/C22H20N4O7S4/c1-13-11-24(22(28)23-21(13)27)20-10-19(37-36-18-9-5-3-7-15(18)26(31)32)16(33-20)12-34-35-17-8-4-2-6-14(17)25(29)30/h2-9,11,16,19-20H,10,12H2,1H3,(H,23,27,28)/t16-,19-,20-/m1/s1. The number of nitro benzene ring substituents is 2. The predicted molar refractivity (Wildman–Crippen MR) is 146 cm³/mol. The van der Waals surface area contributed by atoms with Crippen LogP contribution in [-0.2, 0) is 4.74 Å². The van der Waals surface area contributed by atoms with Crippen LogP contribution in [0, 0.1) is 27.2 Å². The Morgan fingerprint density at radius 2 is 1.59 bits per heavy atom. The normalized spacial score (nSPS) is 19.1. The van der Waals surface area contributed by atoms with E-state index >= 15 is 0 Å². The van der Waals surface area contributed by atoms with Crippen LogP contribution in [0.3, 0.4) is 0 Å². The summed E-state index contributed by atoms with van der Waals surface area (Å²) in [7, 11) is 5.33. The zero-order valence-corrected chi connectivity index (χ0v) is 22.4. The lowest BCUT2D eigenvalue weighted by molar-refractivity contribution is -0.387. The summed E-state index contributed by atoms with van der Waals surface area (Å²) in [6.45, 7) is 1.59. The summed E-state index contributed by atoms with van der Waals surface area (Å²) in [5, 5.41) is 22.6. The zero-order chi connectivity index (χ0) is 26.5. The highest BCUT2D eigenvalue weighted by atomic mass is 33.1. The monoisotopic (exact) mass is 580 g/mol. The van der Waals surface area contributed by atoms with E-state index in [-0.39, 0.29) is 22.7 Å². The molecule has 0 unspecified atom stereocenters. The fraction of sp³-hybridized carbons (Fsp3) is 0.273. The Hall–Kier alpha value is -2.72. The average Bonchev–Trinajstić information content (AvgIpc) is 3.27. The Kier molecular flexibility index (Phi) is 9.02. The van der Waals surface area contributed by atoms with E-state index in [1.165, 1.54) is 66.1 Å². The number of hydrogen-bond acceptors (Lipinski definition) is 11. The molecule has 3 aromatic rings. The largest absolute Gasteiger partial charge is 0.353 e. The molecule has 4 rings (SSSR count). The quantitative estimate of drug-likeness (QED) is 0.191. The van der Waals surface area contributed by atoms with Crippen molar-refractivity contribution in [3.63, 3.8) is 0 Å². The average molecular weight is 581 g/mol. The van der Waals surface area contributed by atoms with Gasteiger partial charge in [0.1, 0.15) is 6.23 Å². The highest BCUT2D eigenvalue weighted by Gasteiger charge is 2.38. The van der Waals surface area contributed by atoms with Gasteiger partial charge in [0.15, 0.2) is 0 Å². The topological polar surface area (TPSA) is 150 Å². The summed E-state index contributed by atoms with van der Waals surface area (Å²) in [5.41, 5.74) is -0.672. The maximum Gasteiger partial charge on any atom is 0.330 e. The van der Waals surface area contributed by atoms with Gasteiger partial charge in [-0.05, 0) is 19.1 Å². The summed E-state index contributed by atoms with van der Waals surface area (Å²) >= 11 is 0. The van der Waals surface area contributed by atoms with Crippen molar-refractivity contribution in [1.29, 1.82) is 0 Å². The number of H-pyrrole nitrogens is 1. The molecule has 1 aliphatic rings. The number of aromatic amines is 1. The van der Waals surface area contributed by atoms with Crippen LogP contribution in [-0.4, -0.2) is 36.5 Å². The van der Waals surface area contributed by atoms with Crippen LogP contribution in [0.4, 0.5) is 11.4 Å². The van der Waals surface area contributed by atoms with Crippen LogP contribution in [0.5, 0.6) is 0 Å². The van der Waals surface area contributed by atoms with E-state index in [2.05, 4.69) is 4.98 Å². The molecule has 15 heteroatoms. The summed E-state index contributed by atoms with van der Waals surface area (Å²) in [5.74, 6) is 0.444. The number of nitrogens with one attached hydrogen (secondary N) is 1. The van der Waals surface area contributed by atoms with Gasteiger partial charge in [0.05, 0.1) is 25.7 Å². The number of nitro groups is 2. The van der Waals surface area contributed by atoms with Gasteiger partial charge in [0.2, 0.25) is 0 Å². The highest BCUT2D eigenvalue weighted by Crippen LogP contribution is 2.48. The molecule has 2 heterocycles. The second kappa shape index (κ2) is 12.2. The van der Waals surface area contributed by atoms with E-state index in [1.54, 1.807) is 43.3 Å². The van der Waals surface area contributed by atoms with Crippen LogP contribution in [0.15, 0.2) is 74.1 Å². The van der Waals surface area contributed by atoms with Crippen molar-refractivity contribution in [3.05, 3.63) is 101 Å². The zero-order valence-electron chi connectivity index (χ0n) is 19.2. The van der Waals surface area contributed by atoms with Gasteiger partial charge in [0.25, 0.3) is 16.9 Å². The second-order valence-electron chi connectivity index (χ2n) is 7.88. The lowest BCUT2D eigenvalue weighted by Crippen LogP contribution is -2.33. The number of para-hydroxylation sites is 2. The predicted octanol–water partition coefficient (Wildman–Crippen LogP) is 5.20. The molecule has 1 fully saturated rings. The minimum Gasteiger partial charge on any atom is -0.353 e. The first-order chi connectivity index (χ1) is 17.7. The van der Waals surface area contributed by atoms with Gasteiger partial charge in [-0.25, -0.2) is 4.79 Å². The number of benzene rings is 2. The van der Waals surface area contributed by atoms with Crippen LogP contribution >= 0.6 is 43.2 Å². The first kappa shape index (κ1) is 27.3. The van der Waals surface area contributed by atoms with Crippen LogP contribution in [0.25, 0.3) is 0 Å². The molecule has 3 atom stereocenters. The van der Waals surface area contributed by atoms with Gasteiger partial charge in [-0.15, -0.1) is 0 Å². The Morgan fingerprint density at radius 1 is 1.00 bits per heavy atom. The molecule has 1 aromatic heterocycles. The van der Waals surface area contributed by atoms with E-state index in [9.17, 15) is 29.8 Å². The number of aromatic nitrogens is 2. The summed E-state index contributed by atoms with van der Waals surface area (Å²) in [6, 6.07) is 12.9. The smallest absolute Gasteiger partial charge is 0.330 e. The number of hydrogen-bond donors (Lipinski definition) is 1.